The van der Waals surface area contributed by atoms with Gasteiger partial charge in [-0.2, -0.15) is 5.10 Å². The van der Waals surface area contributed by atoms with E-state index in [4.69, 9.17) is 0 Å². The number of H-pyrrole nitrogens is 1. The van der Waals surface area contributed by atoms with E-state index in [1.807, 2.05) is 0 Å². The number of aryl methyl sites for hydroxylation is 1. The van der Waals surface area contributed by atoms with Crippen LogP contribution in [0.5, 0.6) is 0 Å². The van der Waals surface area contributed by atoms with Crippen LogP contribution in [0.1, 0.15) is 17.7 Å². The zero-order valence-corrected chi connectivity index (χ0v) is 10.6. The Hall–Kier alpha value is -2.44. The number of hydrogen-bond acceptors (Lipinski definition) is 4. The van der Waals surface area contributed by atoms with Crippen molar-refractivity contribution in [3.05, 3.63) is 51.6 Å². The van der Waals surface area contributed by atoms with E-state index >= 15 is 0 Å². The molecule has 0 bridgehead atoms. The van der Waals surface area contributed by atoms with E-state index in [0.29, 0.717) is 5.69 Å². The molecule has 1 aliphatic carbocycles. The summed E-state index contributed by atoms with van der Waals surface area (Å²) < 4.78 is 13.1. The van der Waals surface area contributed by atoms with Gasteiger partial charge in [-0.3, -0.25) is 15.2 Å². The van der Waals surface area contributed by atoms with Crippen molar-refractivity contribution in [2.24, 2.45) is 0 Å². The Morgan fingerprint density at radius 2 is 2.35 bits per heavy atom. The smallest absolute Gasteiger partial charge is 0.295 e. The number of halogens is 1. The Bertz CT molecular complexity index is 656. The van der Waals surface area contributed by atoms with E-state index in [-0.39, 0.29) is 11.7 Å². The Morgan fingerprint density at radius 3 is 3.15 bits per heavy atom. The molecule has 1 atom stereocenters. The minimum absolute atomic E-state index is 0.0873. The number of nitro groups is 1. The predicted octanol–water partition coefficient (Wildman–Crippen LogP) is 2.43. The molecule has 1 unspecified atom stereocenters. The average Bonchev–Trinajstić information content (AvgIpc) is 2.88. The molecule has 6 nitrogen and oxygen atoms in total. The van der Waals surface area contributed by atoms with Crippen molar-refractivity contribution in [2.45, 2.75) is 25.3 Å². The van der Waals surface area contributed by atoms with Crippen molar-refractivity contribution < 1.29 is 9.31 Å². The zero-order chi connectivity index (χ0) is 14.1. The molecule has 0 aliphatic heterocycles. The number of nitrogens with zero attached hydrogens (tertiary/aromatic N) is 2. The number of nitro benzene ring substituents is 1. The van der Waals surface area contributed by atoms with Gasteiger partial charge < -0.3 is 5.32 Å². The van der Waals surface area contributed by atoms with Gasteiger partial charge in [0.15, 0.2) is 0 Å². The average molecular weight is 276 g/mol. The SMILES string of the molecule is O=[N+]([O-])c1cc(F)ccc1NC1CCc2[nH]ncc2C1. The third kappa shape index (κ3) is 2.34. The number of rotatable bonds is 3. The molecule has 0 saturated heterocycles. The molecule has 0 saturated carbocycles. The van der Waals surface area contributed by atoms with Crippen LogP contribution < -0.4 is 5.32 Å². The third-order valence-corrected chi connectivity index (χ3v) is 3.53. The third-order valence-electron chi connectivity index (χ3n) is 3.53. The molecule has 1 aliphatic rings. The van der Waals surface area contributed by atoms with Crippen LogP contribution in [0.2, 0.25) is 0 Å². The van der Waals surface area contributed by atoms with Crippen LogP contribution in [-0.2, 0) is 12.8 Å². The molecule has 1 aromatic heterocycles. The summed E-state index contributed by atoms with van der Waals surface area (Å²) in [5.41, 5.74) is 2.37. The van der Waals surface area contributed by atoms with Crippen molar-refractivity contribution in [2.75, 3.05) is 5.32 Å². The largest absolute Gasteiger partial charge is 0.376 e. The monoisotopic (exact) mass is 276 g/mol. The van der Waals surface area contributed by atoms with E-state index in [0.717, 1.165) is 36.6 Å². The first kappa shape index (κ1) is 12.6. The van der Waals surface area contributed by atoms with Crippen molar-refractivity contribution in [3.8, 4) is 0 Å². The Labute approximate surface area is 114 Å². The fraction of sp³-hybridized carbons (Fsp3) is 0.308. The highest BCUT2D eigenvalue weighted by Crippen LogP contribution is 2.28. The van der Waals surface area contributed by atoms with Crippen LogP contribution in [0.15, 0.2) is 24.4 Å². The van der Waals surface area contributed by atoms with E-state index in [9.17, 15) is 14.5 Å². The molecule has 0 amide bonds. The molecule has 0 fully saturated rings. The second kappa shape index (κ2) is 4.92. The molecule has 0 spiro atoms. The summed E-state index contributed by atoms with van der Waals surface area (Å²) in [6.07, 6.45) is 4.23. The maximum atomic E-state index is 13.1. The van der Waals surface area contributed by atoms with E-state index in [2.05, 4.69) is 15.5 Å². The lowest BCUT2D eigenvalue weighted by Crippen LogP contribution is -2.27. The van der Waals surface area contributed by atoms with Gasteiger partial charge in [-0.1, -0.05) is 0 Å². The number of nitrogens with one attached hydrogen (secondary N) is 2. The van der Waals surface area contributed by atoms with Crippen LogP contribution in [-0.4, -0.2) is 21.2 Å². The maximum absolute atomic E-state index is 13.1. The van der Waals surface area contributed by atoms with Crippen molar-refractivity contribution in [3.63, 3.8) is 0 Å². The number of fused-ring (bicyclic) bond motifs is 1. The molecule has 0 radical (unpaired) electrons. The molecule has 2 N–H and O–H groups in total. The van der Waals surface area contributed by atoms with Crippen LogP contribution in [0.3, 0.4) is 0 Å². The number of anilines is 1. The van der Waals surface area contributed by atoms with E-state index in [1.165, 1.54) is 12.1 Å². The van der Waals surface area contributed by atoms with Gasteiger partial charge in [-0.05, 0) is 37.0 Å². The minimum atomic E-state index is -0.608. The highest BCUT2D eigenvalue weighted by Gasteiger charge is 2.23. The number of benzene rings is 1. The predicted molar refractivity (Wildman–Crippen MR) is 71.1 cm³/mol. The topological polar surface area (TPSA) is 83.9 Å². The van der Waals surface area contributed by atoms with E-state index in [1.54, 1.807) is 6.20 Å². The molecular weight excluding hydrogens is 263 g/mol. The molecule has 7 heteroatoms. The summed E-state index contributed by atoms with van der Waals surface area (Å²) in [7, 11) is 0. The molecule has 104 valence electrons. The van der Waals surface area contributed by atoms with Crippen molar-refractivity contribution in [1.29, 1.82) is 0 Å². The molecule has 1 aromatic carbocycles. The number of hydrogen-bond donors (Lipinski definition) is 2. The number of aromatic amines is 1. The van der Waals surface area contributed by atoms with Crippen LogP contribution >= 0.6 is 0 Å². The lowest BCUT2D eigenvalue weighted by molar-refractivity contribution is -0.384. The first-order chi connectivity index (χ1) is 9.63. The Balaban J connectivity index is 1.81. The van der Waals surface area contributed by atoms with Gasteiger partial charge in [0.2, 0.25) is 0 Å². The van der Waals surface area contributed by atoms with Crippen LogP contribution in [0.25, 0.3) is 0 Å². The van der Waals surface area contributed by atoms with Gasteiger partial charge in [-0.15, -0.1) is 0 Å². The Morgan fingerprint density at radius 1 is 1.50 bits per heavy atom. The second-order valence-electron chi connectivity index (χ2n) is 4.88. The lowest BCUT2D eigenvalue weighted by atomic mass is 9.93. The highest BCUT2D eigenvalue weighted by molar-refractivity contribution is 5.62. The first-order valence-corrected chi connectivity index (χ1v) is 6.35. The molecule has 20 heavy (non-hydrogen) atoms. The van der Waals surface area contributed by atoms with Crippen molar-refractivity contribution in [1.82, 2.24) is 10.2 Å². The van der Waals surface area contributed by atoms with Gasteiger partial charge in [0.1, 0.15) is 11.5 Å². The van der Waals surface area contributed by atoms with Gasteiger partial charge >= 0.3 is 0 Å². The van der Waals surface area contributed by atoms with Gasteiger partial charge in [0, 0.05) is 11.7 Å². The Kier molecular flexibility index (Phi) is 3.09. The summed E-state index contributed by atoms with van der Waals surface area (Å²) in [5.74, 6) is -0.608. The first-order valence-electron chi connectivity index (χ1n) is 6.35. The number of aromatic nitrogens is 2. The second-order valence-corrected chi connectivity index (χ2v) is 4.88. The van der Waals surface area contributed by atoms with Gasteiger partial charge in [0.25, 0.3) is 5.69 Å². The fourth-order valence-corrected chi connectivity index (χ4v) is 2.54. The summed E-state index contributed by atoms with van der Waals surface area (Å²) >= 11 is 0. The van der Waals surface area contributed by atoms with Crippen LogP contribution in [0, 0.1) is 15.9 Å². The van der Waals surface area contributed by atoms with E-state index < -0.39 is 10.7 Å². The highest BCUT2D eigenvalue weighted by atomic mass is 19.1. The standard InChI is InChI=1S/C13H13FN4O2/c14-9-1-3-12(13(6-9)18(19)20)16-10-2-4-11-8(5-10)7-15-17-11/h1,3,6-7,10,16H,2,4-5H2,(H,15,17). The molecule has 1 heterocycles. The zero-order valence-electron chi connectivity index (χ0n) is 10.6. The molecule has 3 rings (SSSR count). The fourth-order valence-electron chi connectivity index (χ4n) is 2.54. The quantitative estimate of drug-likeness (QED) is 0.666. The summed E-state index contributed by atoms with van der Waals surface area (Å²) in [6.45, 7) is 0. The summed E-state index contributed by atoms with van der Waals surface area (Å²) in [6, 6.07) is 3.66. The van der Waals surface area contributed by atoms with Gasteiger partial charge in [-0.25, -0.2) is 4.39 Å². The maximum Gasteiger partial charge on any atom is 0.295 e. The van der Waals surface area contributed by atoms with Gasteiger partial charge in [0.05, 0.1) is 17.2 Å². The van der Waals surface area contributed by atoms with Crippen LogP contribution in [0.4, 0.5) is 15.8 Å². The summed E-state index contributed by atoms with van der Waals surface area (Å²) in [4.78, 5) is 10.4. The van der Waals surface area contributed by atoms with Crippen molar-refractivity contribution >= 4 is 11.4 Å². The molecular formula is C13H13FN4O2. The lowest BCUT2D eigenvalue weighted by Gasteiger charge is -2.23. The minimum Gasteiger partial charge on any atom is -0.376 e. The normalized spacial score (nSPS) is 17.6. The molecule has 2 aromatic rings. The summed E-state index contributed by atoms with van der Waals surface area (Å²) in [5, 5.41) is 21.0.